The van der Waals surface area contributed by atoms with E-state index in [0.717, 1.165) is 25.7 Å². The third-order valence-electron chi connectivity index (χ3n) is 6.16. The Hall–Kier alpha value is -1.14. The van der Waals surface area contributed by atoms with Crippen molar-refractivity contribution in [3.63, 3.8) is 0 Å². The van der Waals surface area contributed by atoms with E-state index in [9.17, 15) is 9.59 Å². The maximum atomic E-state index is 12.4. The van der Waals surface area contributed by atoms with E-state index in [1.165, 1.54) is 0 Å². The molecule has 0 aromatic heterocycles. The monoisotopic (exact) mass is 410 g/mol. The van der Waals surface area contributed by atoms with Crippen molar-refractivity contribution in [3.05, 3.63) is 0 Å². The summed E-state index contributed by atoms with van der Waals surface area (Å²) in [5.41, 5.74) is -0.184. The highest BCUT2D eigenvalue weighted by Gasteiger charge is 2.38. The molecule has 0 radical (unpaired) electrons. The number of hydrogen-bond donors (Lipinski definition) is 2. The van der Waals surface area contributed by atoms with Crippen molar-refractivity contribution in [2.75, 3.05) is 0 Å². The molecule has 2 heterocycles. The summed E-state index contributed by atoms with van der Waals surface area (Å²) in [4.78, 5) is 24.8. The Morgan fingerprint density at radius 3 is 1.45 bits per heavy atom. The molecule has 0 amide bonds. The largest absolute Gasteiger partial charge is 0.462 e. The number of piperidine rings is 2. The number of ether oxygens (including phenoxy) is 2. The molecule has 6 heteroatoms. The van der Waals surface area contributed by atoms with Crippen LogP contribution < -0.4 is 10.6 Å². The van der Waals surface area contributed by atoms with Crippen LogP contribution in [0.5, 0.6) is 0 Å². The predicted octanol–water partition coefficient (Wildman–Crippen LogP) is 3.57. The fourth-order valence-electron chi connectivity index (χ4n) is 4.74. The van der Waals surface area contributed by atoms with Crippen molar-refractivity contribution >= 4 is 11.9 Å². The van der Waals surface area contributed by atoms with Gasteiger partial charge < -0.3 is 20.1 Å². The molecule has 2 aliphatic heterocycles. The normalized spacial score (nSPS) is 31.5. The molecule has 2 saturated heterocycles. The zero-order chi connectivity index (χ0) is 22.0. The summed E-state index contributed by atoms with van der Waals surface area (Å²) < 4.78 is 11.4. The Balaban J connectivity index is 1.86. The molecule has 0 aromatic carbocycles. The zero-order valence-electron chi connectivity index (χ0n) is 19.6. The first-order valence-electron chi connectivity index (χ1n) is 11.2. The molecule has 0 aromatic rings. The van der Waals surface area contributed by atoms with Crippen LogP contribution in [0.2, 0.25) is 0 Å². The molecule has 6 nitrogen and oxygen atoms in total. The average molecular weight is 411 g/mol. The number of rotatable bonds is 6. The number of nitrogens with one attached hydrogen (secondary N) is 2. The third-order valence-corrected chi connectivity index (χ3v) is 6.16. The number of hydrogen-bond acceptors (Lipinski definition) is 6. The van der Waals surface area contributed by atoms with Crippen LogP contribution in [-0.2, 0) is 19.1 Å². The van der Waals surface area contributed by atoms with Gasteiger partial charge in [0, 0.05) is 48.8 Å². The average Bonchev–Trinajstić information content (AvgIpc) is 2.50. The number of carbonyl (C=O) groups is 2. The Bertz CT molecular complexity index is 535. The van der Waals surface area contributed by atoms with Crippen molar-refractivity contribution in [2.45, 2.75) is 123 Å². The van der Waals surface area contributed by atoms with Gasteiger partial charge in [-0.05, 0) is 39.5 Å². The highest BCUT2D eigenvalue weighted by atomic mass is 16.6. The summed E-state index contributed by atoms with van der Waals surface area (Å²) in [5, 5.41) is 7.24. The van der Waals surface area contributed by atoms with E-state index in [2.05, 4.69) is 66.0 Å². The molecule has 0 spiro atoms. The standard InChI is InChI=1S/C23H42N2O4/c1-14(2)18-9-16(12-22(5,6)24-18)28-20(26)11-21(27)29-17-10-19(15(3)4)25-23(7,8)13-17/h14-19,24-25H,9-13H2,1-8H3. The van der Waals surface area contributed by atoms with Crippen molar-refractivity contribution in [3.8, 4) is 0 Å². The van der Waals surface area contributed by atoms with Gasteiger partial charge in [0.05, 0.1) is 0 Å². The quantitative estimate of drug-likeness (QED) is 0.515. The molecule has 0 bridgehead atoms. The molecule has 168 valence electrons. The summed E-state index contributed by atoms with van der Waals surface area (Å²) >= 11 is 0. The van der Waals surface area contributed by atoms with Crippen molar-refractivity contribution in [1.82, 2.24) is 10.6 Å². The summed E-state index contributed by atoms with van der Waals surface area (Å²) in [5.74, 6) is -0.0431. The first-order valence-corrected chi connectivity index (χ1v) is 11.2. The topological polar surface area (TPSA) is 76.7 Å². The van der Waals surface area contributed by atoms with Gasteiger partial charge in [-0.15, -0.1) is 0 Å². The second kappa shape index (κ2) is 9.34. The van der Waals surface area contributed by atoms with Crippen LogP contribution in [0.25, 0.3) is 0 Å². The van der Waals surface area contributed by atoms with E-state index in [1.54, 1.807) is 0 Å². The van der Waals surface area contributed by atoms with E-state index in [4.69, 9.17) is 9.47 Å². The second-order valence-electron chi connectivity index (χ2n) is 11.0. The lowest BCUT2D eigenvalue weighted by Crippen LogP contribution is -2.56. The lowest BCUT2D eigenvalue weighted by atomic mass is 9.83. The minimum absolute atomic E-state index is 0.0921. The fourth-order valence-corrected chi connectivity index (χ4v) is 4.74. The van der Waals surface area contributed by atoms with Gasteiger partial charge in [0.1, 0.15) is 18.6 Å². The van der Waals surface area contributed by atoms with Crippen molar-refractivity contribution < 1.29 is 19.1 Å². The van der Waals surface area contributed by atoms with Gasteiger partial charge in [-0.25, -0.2) is 0 Å². The molecule has 4 atom stereocenters. The van der Waals surface area contributed by atoms with Gasteiger partial charge in [0.25, 0.3) is 0 Å². The minimum atomic E-state index is -0.478. The molecule has 2 aliphatic rings. The Labute approximate surface area is 176 Å². The van der Waals surface area contributed by atoms with Crippen LogP contribution in [-0.4, -0.2) is 47.3 Å². The molecular weight excluding hydrogens is 368 g/mol. The molecule has 0 aliphatic carbocycles. The molecule has 2 fully saturated rings. The smallest absolute Gasteiger partial charge is 0.317 e. The van der Waals surface area contributed by atoms with Crippen LogP contribution >= 0.6 is 0 Å². The first kappa shape index (κ1) is 24.1. The van der Waals surface area contributed by atoms with E-state index in [-0.39, 0.29) is 29.7 Å². The van der Waals surface area contributed by atoms with E-state index in [1.807, 2.05) is 0 Å². The maximum absolute atomic E-state index is 12.4. The highest BCUT2D eigenvalue weighted by Crippen LogP contribution is 2.29. The Morgan fingerprint density at radius 2 is 1.14 bits per heavy atom. The molecule has 4 unspecified atom stereocenters. The molecule has 2 rings (SSSR count). The predicted molar refractivity (Wildman–Crippen MR) is 115 cm³/mol. The van der Waals surface area contributed by atoms with E-state index < -0.39 is 11.9 Å². The zero-order valence-corrected chi connectivity index (χ0v) is 19.6. The Morgan fingerprint density at radius 1 is 0.793 bits per heavy atom. The fraction of sp³-hybridized carbons (Fsp3) is 0.913. The second-order valence-corrected chi connectivity index (χ2v) is 11.0. The van der Waals surface area contributed by atoms with Crippen LogP contribution in [0.15, 0.2) is 0 Å². The van der Waals surface area contributed by atoms with Gasteiger partial charge in [-0.2, -0.15) is 0 Å². The maximum Gasteiger partial charge on any atom is 0.317 e. The minimum Gasteiger partial charge on any atom is -0.462 e. The Kier molecular flexibility index (Phi) is 7.77. The first-order chi connectivity index (χ1) is 13.3. The van der Waals surface area contributed by atoms with Crippen LogP contribution in [0.1, 0.15) is 87.5 Å². The van der Waals surface area contributed by atoms with Gasteiger partial charge in [0.15, 0.2) is 0 Å². The lowest BCUT2D eigenvalue weighted by Gasteiger charge is -2.43. The third kappa shape index (κ3) is 7.56. The lowest BCUT2D eigenvalue weighted by molar-refractivity contribution is -0.163. The molecule has 2 N–H and O–H groups in total. The summed E-state index contributed by atoms with van der Waals surface area (Å²) in [6.45, 7) is 17.2. The van der Waals surface area contributed by atoms with Gasteiger partial charge in [-0.3, -0.25) is 9.59 Å². The number of esters is 2. The van der Waals surface area contributed by atoms with Gasteiger partial charge >= 0.3 is 11.9 Å². The summed E-state index contributed by atoms with van der Waals surface area (Å²) in [6.07, 6.45) is 2.41. The van der Waals surface area contributed by atoms with Gasteiger partial charge in [0.2, 0.25) is 0 Å². The molecule has 0 saturated carbocycles. The van der Waals surface area contributed by atoms with Gasteiger partial charge in [-0.1, -0.05) is 27.7 Å². The SMILES string of the molecule is CC(C)C1CC(OC(=O)CC(=O)OC2CC(C(C)C)NC(C)(C)C2)CC(C)(C)N1. The highest BCUT2D eigenvalue weighted by molar-refractivity contribution is 5.91. The van der Waals surface area contributed by atoms with Crippen LogP contribution in [0.4, 0.5) is 0 Å². The van der Waals surface area contributed by atoms with E-state index in [0.29, 0.717) is 23.9 Å². The van der Waals surface area contributed by atoms with Crippen molar-refractivity contribution in [1.29, 1.82) is 0 Å². The summed E-state index contributed by atoms with van der Waals surface area (Å²) in [7, 11) is 0. The van der Waals surface area contributed by atoms with Crippen molar-refractivity contribution in [2.24, 2.45) is 11.8 Å². The van der Waals surface area contributed by atoms with E-state index >= 15 is 0 Å². The van der Waals surface area contributed by atoms with Crippen LogP contribution in [0, 0.1) is 11.8 Å². The molecular formula is C23H42N2O4. The number of carbonyl (C=O) groups excluding carboxylic acids is 2. The van der Waals surface area contributed by atoms with Crippen LogP contribution in [0.3, 0.4) is 0 Å². The molecule has 29 heavy (non-hydrogen) atoms. The summed E-state index contributed by atoms with van der Waals surface area (Å²) in [6, 6.07) is 0.599.